The van der Waals surface area contributed by atoms with Gasteiger partial charge in [0.25, 0.3) is 5.91 Å². The van der Waals surface area contributed by atoms with Gasteiger partial charge in [0.05, 0.1) is 6.54 Å². The first-order valence-electron chi connectivity index (χ1n) is 6.78. The topological polar surface area (TPSA) is 54.0 Å². The van der Waals surface area contributed by atoms with Crippen molar-refractivity contribution in [3.8, 4) is 0 Å². The Morgan fingerprint density at radius 2 is 2.20 bits per heavy atom. The Balaban J connectivity index is 2.09. The van der Waals surface area contributed by atoms with Crippen LogP contribution < -0.4 is 10.6 Å². The Morgan fingerprint density at radius 1 is 1.35 bits per heavy atom. The lowest BCUT2D eigenvalue weighted by molar-refractivity contribution is 0.0951. The maximum absolute atomic E-state index is 12.2. The highest BCUT2D eigenvalue weighted by molar-refractivity contribution is 7.09. The molecule has 0 fully saturated rings. The number of rotatable bonds is 6. The number of aromatic nitrogens is 1. The van der Waals surface area contributed by atoms with Crippen molar-refractivity contribution in [3.63, 3.8) is 0 Å². The van der Waals surface area contributed by atoms with Gasteiger partial charge in [-0.15, -0.1) is 11.3 Å². The Kier molecular flexibility index (Phi) is 5.12. The lowest BCUT2D eigenvalue weighted by atomic mass is 10.2. The van der Waals surface area contributed by atoms with Crippen LogP contribution in [0.1, 0.15) is 34.8 Å². The zero-order valence-electron chi connectivity index (χ0n) is 11.8. The van der Waals surface area contributed by atoms with Crippen molar-refractivity contribution in [3.05, 3.63) is 45.8 Å². The van der Waals surface area contributed by atoms with Crippen LogP contribution in [0.2, 0.25) is 0 Å². The number of anilines is 1. The molecule has 2 aromatic rings. The molecule has 2 aromatic heterocycles. The van der Waals surface area contributed by atoms with Crippen LogP contribution in [0.15, 0.2) is 29.6 Å². The number of nitrogens with zero attached hydrogens (tertiary/aromatic N) is 1. The third-order valence-corrected chi connectivity index (χ3v) is 3.74. The second-order valence-electron chi connectivity index (χ2n) is 4.38. The van der Waals surface area contributed by atoms with Gasteiger partial charge in [-0.2, -0.15) is 0 Å². The van der Waals surface area contributed by atoms with E-state index in [0.717, 1.165) is 29.4 Å². The van der Waals surface area contributed by atoms with E-state index < -0.39 is 0 Å². The number of carbonyl (C=O) groups is 1. The molecule has 106 valence electrons. The van der Waals surface area contributed by atoms with Crippen molar-refractivity contribution < 1.29 is 4.79 Å². The summed E-state index contributed by atoms with van der Waals surface area (Å²) in [6.45, 7) is 5.40. The summed E-state index contributed by atoms with van der Waals surface area (Å²) >= 11 is 1.64. The fourth-order valence-electron chi connectivity index (χ4n) is 1.85. The van der Waals surface area contributed by atoms with Crippen LogP contribution in [0.3, 0.4) is 0 Å². The molecule has 0 aromatic carbocycles. The summed E-state index contributed by atoms with van der Waals surface area (Å²) in [6, 6.07) is 7.65. The van der Waals surface area contributed by atoms with Crippen molar-refractivity contribution in [1.82, 2.24) is 10.3 Å². The Labute approximate surface area is 123 Å². The third-order valence-electron chi connectivity index (χ3n) is 2.86. The van der Waals surface area contributed by atoms with Gasteiger partial charge in [0.1, 0.15) is 5.82 Å². The molecule has 0 atom stereocenters. The van der Waals surface area contributed by atoms with E-state index in [0.29, 0.717) is 12.1 Å². The molecule has 5 heteroatoms. The first kappa shape index (κ1) is 14.5. The smallest absolute Gasteiger partial charge is 0.251 e. The number of thiophene rings is 1. The van der Waals surface area contributed by atoms with Crippen molar-refractivity contribution >= 4 is 23.1 Å². The highest BCUT2D eigenvalue weighted by atomic mass is 32.1. The minimum atomic E-state index is -0.0605. The van der Waals surface area contributed by atoms with E-state index in [-0.39, 0.29) is 5.91 Å². The van der Waals surface area contributed by atoms with E-state index in [2.05, 4.69) is 15.6 Å². The molecule has 0 aliphatic rings. The summed E-state index contributed by atoms with van der Waals surface area (Å²) < 4.78 is 0. The number of hydrogen-bond donors (Lipinski definition) is 2. The predicted molar refractivity (Wildman–Crippen MR) is 83.3 cm³/mol. The van der Waals surface area contributed by atoms with Crippen molar-refractivity contribution in [2.24, 2.45) is 0 Å². The van der Waals surface area contributed by atoms with E-state index in [1.165, 1.54) is 0 Å². The molecule has 0 radical (unpaired) electrons. The summed E-state index contributed by atoms with van der Waals surface area (Å²) in [5.74, 6) is 0.697. The normalized spacial score (nSPS) is 10.3. The van der Waals surface area contributed by atoms with E-state index >= 15 is 0 Å². The maximum Gasteiger partial charge on any atom is 0.251 e. The monoisotopic (exact) mass is 289 g/mol. The summed E-state index contributed by atoms with van der Waals surface area (Å²) in [6.07, 6.45) is 0.810. The Hall–Kier alpha value is -1.88. The molecule has 0 aliphatic carbocycles. The van der Waals surface area contributed by atoms with Gasteiger partial charge in [-0.05, 0) is 36.9 Å². The van der Waals surface area contributed by atoms with E-state index in [9.17, 15) is 4.79 Å². The van der Waals surface area contributed by atoms with Gasteiger partial charge < -0.3 is 10.6 Å². The highest BCUT2D eigenvalue weighted by Gasteiger charge is 2.09. The van der Waals surface area contributed by atoms with Crippen molar-refractivity contribution in [1.29, 1.82) is 0 Å². The molecule has 4 nitrogen and oxygen atoms in total. The molecular weight excluding hydrogens is 270 g/mol. The SMILES string of the molecule is CCNc1cc(C(=O)NCc2cccs2)cc(CC)n1. The maximum atomic E-state index is 12.2. The van der Waals surface area contributed by atoms with E-state index in [1.807, 2.05) is 37.4 Å². The van der Waals surface area contributed by atoms with E-state index in [1.54, 1.807) is 17.4 Å². The Bertz CT molecular complexity index is 567. The fraction of sp³-hybridized carbons (Fsp3) is 0.333. The number of aryl methyl sites for hydroxylation is 1. The van der Waals surface area contributed by atoms with Gasteiger partial charge in [-0.3, -0.25) is 4.79 Å². The quantitative estimate of drug-likeness (QED) is 0.859. The molecule has 2 heterocycles. The van der Waals surface area contributed by atoms with Crippen LogP contribution in [0.4, 0.5) is 5.82 Å². The van der Waals surface area contributed by atoms with Gasteiger partial charge in [0, 0.05) is 22.7 Å². The zero-order valence-corrected chi connectivity index (χ0v) is 12.6. The highest BCUT2D eigenvalue weighted by Crippen LogP contribution is 2.12. The first-order valence-corrected chi connectivity index (χ1v) is 7.66. The van der Waals surface area contributed by atoms with Crippen LogP contribution in [0, 0.1) is 0 Å². The van der Waals surface area contributed by atoms with Crippen LogP contribution >= 0.6 is 11.3 Å². The molecule has 0 bridgehead atoms. The van der Waals surface area contributed by atoms with Gasteiger partial charge in [0.2, 0.25) is 0 Å². The van der Waals surface area contributed by atoms with Crippen molar-refractivity contribution in [2.75, 3.05) is 11.9 Å². The average Bonchev–Trinajstić information content (AvgIpc) is 2.98. The van der Waals surface area contributed by atoms with Gasteiger partial charge in [-0.1, -0.05) is 13.0 Å². The molecule has 1 amide bonds. The van der Waals surface area contributed by atoms with Gasteiger partial charge >= 0.3 is 0 Å². The molecule has 2 N–H and O–H groups in total. The molecule has 20 heavy (non-hydrogen) atoms. The van der Waals surface area contributed by atoms with Gasteiger partial charge in [-0.25, -0.2) is 4.98 Å². The van der Waals surface area contributed by atoms with Crippen molar-refractivity contribution in [2.45, 2.75) is 26.8 Å². The standard InChI is InChI=1S/C15H19N3OS/c1-3-12-8-11(9-14(18-12)16-4-2)15(19)17-10-13-6-5-7-20-13/h5-9H,3-4,10H2,1-2H3,(H,16,18)(H,17,19). The molecule has 0 saturated heterocycles. The molecule has 0 saturated carbocycles. The molecule has 0 aliphatic heterocycles. The zero-order chi connectivity index (χ0) is 14.4. The second-order valence-corrected chi connectivity index (χ2v) is 5.41. The number of nitrogens with one attached hydrogen (secondary N) is 2. The minimum Gasteiger partial charge on any atom is -0.370 e. The summed E-state index contributed by atoms with van der Waals surface area (Å²) in [7, 11) is 0. The summed E-state index contributed by atoms with van der Waals surface area (Å²) in [5, 5.41) is 8.10. The van der Waals surface area contributed by atoms with Crippen LogP contribution in [0.25, 0.3) is 0 Å². The predicted octanol–water partition coefficient (Wildman–Crippen LogP) is 3.07. The summed E-state index contributed by atoms with van der Waals surface area (Å²) in [4.78, 5) is 17.8. The molecule has 0 spiro atoms. The van der Waals surface area contributed by atoms with E-state index in [4.69, 9.17) is 0 Å². The minimum absolute atomic E-state index is 0.0605. The van der Waals surface area contributed by atoms with Crippen LogP contribution in [0.5, 0.6) is 0 Å². The molecule has 0 unspecified atom stereocenters. The average molecular weight is 289 g/mol. The largest absolute Gasteiger partial charge is 0.370 e. The molecular formula is C15H19N3OS. The molecule has 2 rings (SSSR count). The number of hydrogen-bond acceptors (Lipinski definition) is 4. The lowest BCUT2D eigenvalue weighted by Gasteiger charge is -2.09. The third kappa shape index (κ3) is 3.81. The fourth-order valence-corrected chi connectivity index (χ4v) is 2.50. The Morgan fingerprint density at radius 3 is 2.85 bits per heavy atom. The van der Waals surface area contributed by atoms with Gasteiger partial charge in [0.15, 0.2) is 0 Å². The number of pyridine rings is 1. The number of amides is 1. The van der Waals surface area contributed by atoms with Crippen LogP contribution in [-0.4, -0.2) is 17.4 Å². The second kappa shape index (κ2) is 7.05. The number of carbonyl (C=O) groups excluding carboxylic acids is 1. The van der Waals surface area contributed by atoms with Crippen LogP contribution in [-0.2, 0) is 13.0 Å². The lowest BCUT2D eigenvalue weighted by Crippen LogP contribution is -2.23. The first-order chi connectivity index (χ1) is 9.72. The summed E-state index contributed by atoms with van der Waals surface area (Å²) in [5.41, 5.74) is 1.58.